The summed E-state index contributed by atoms with van der Waals surface area (Å²) in [5, 5.41) is 2.93. The van der Waals surface area contributed by atoms with Gasteiger partial charge in [-0.15, -0.1) is 0 Å². The summed E-state index contributed by atoms with van der Waals surface area (Å²) in [5.41, 5.74) is 3.88. The maximum absolute atomic E-state index is 12.4. The molecular weight excluding hydrogens is 310 g/mol. The number of benzene rings is 2. The Bertz CT molecular complexity index is 819. The molecule has 0 aliphatic heterocycles. The summed E-state index contributed by atoms with van der Waals surface area (Å²) >= 11 is 0. The number of rotatable bonds is 6. The standard InChI is InChI=1S/C21H21N3O/c1-24(16-17-7-3-2-4-8-17)20-11-5-10-19(13-20)21(25)23-15-18-9-6-12-22-14-18/h2-14H,15-16H2,1H3,(H,23,25). The first-order valence-corrected chi connectivity index (χ1v) is 8.24. The molecule has 3 aromatic rings. The van der Waals surface area contributed by atoms with Crippen LogP contribution in [-0.4, -0.2) is 17.9 Å². The third-order valence-electron chi connectivity index (χ3n) is 3.99. The average Bonchev–Trinajstić information content (AvgIpc) is 2.68. The maximum atomic E-state index is 12.4. The van der Waals surface area contributed by atoms with Gasteiger partial charge in [0.1, 0.15) is 0 Å². The summed E-state index contributed by atoms with van der Waals surface area (Å²) < 4.78 is 0. The van der Waals surface area contributed by atoms with E-state index in [-0.39, 0.29) is 5.91 Å². The number of nitrogens with zero attached hydrogens (tertiary/aromatic N) is 2. The van der Waals surface area contributed by atoms with Gasteiger partial charge in [0, 0.05) is 43.8 Å². The summed E-state index contributed by atoms with van der Waals surface area (Å²) in [6.45, 7) is 1.26. The van der Waals surface area contributed by atoms with Crippen molar-refractivity contribution in [2.75, 3.05) is 11.9 Å². The molecule has 2 aromatic carbocycles. The van der Waals surface area contributed by atoms with Crippen LogP contribution in [0.5, 0.6) is 0 Å². The summed E-state index contributed by atoms with van der Waals surface area (Å²) in [4.78, 5) is 18.6. The molecule has 0 bridgehead atoms. The van der Waals surface area contributed by atoms with Crippen LogP contribution in [0.2, 0.25) is 0 Å². The van der Waals surface area contributed by atoms with E-state index in [0.29, 0.717) is 12.1 Å². The van der Waals surface area contributed by atoms with Gasteiger partial charge >= 0.3 is 0 Å². The van der Waals surface area contributed by atoms with Crippen molar-refractivity contribution < 1.29 is 4.79 Å². The number of nitrogens with one attached hydrogen (secondary N) is 1. The number of pyridine rings is 1. The molecule has 0 aliphatic rings. The second-order valence-corrected chi connectivity index (χ2v) is 5.94. The first-order valence-electron chi connectivity index (χ1n) is 8.24. The van der Waals surface area contributed by atoms with Gasteiger partial charge in [0.15, 0.2) is 0 Å². The fraction of sp³-hybridized carbons (Fsp3) is 0.143. The second-order valence-electron chi connectivity index (χ2n) is 5.94. The first-order chi connectivity index (χ1) is 12.2. The quantitative estimate of drug-likeness (QED) is 0.750. The number of anilines is 1. The molecule has 4 nitrogen and oxygen atoms in total. The molecule has 0 aliphatic carbocycles. The van der Waals surface area contributed by atoms with E-state index in [9.17, 15) is 4.79 Å². The Morgan fingerprint density at radius 1 is 1.00 bits per heavy atom. The van der Waals surface area contributed by atoms with Crippen LogP contribution in [0, 0.1) is 0 Å². The Morgan fingerprint density at radius 3 is 2.56 bits per heavy atom. The zero-order valence-corrected chi connectivity index (χ0v) is 14.2. The maximum Gasteiger partial charge on any atom is 0.251 e. The number of aromatic nitrogens is 1. The molecule has 0 spiro atoms. The average molecular weight is 331 g/mol. The van der Waals surface area contributed by atoms with Gasteiger partial charge in [-0.1, -0.05) is 42.5 Å². The van der Waals surface area contributed by atoms with Gasteiger partial charge in [-0.25, -0.2) is 0 Å². The van der Waals surface area contributed by atoms with Gasteiger partial charge in [0.25, 0.3) is 5.91 Å². The Labute approximate surface area is 148 Å². The smallest absolute Gasteiger partial charge is 0.251 e. The minimum Gasteiger partial charge on any atom is -0.370 e. The molecule has 0 saturated heterocycles. The van der Waals surface area contributed by atoms with E-state index in [1.54, 1.807) is 12.4 Å². The van der Waals surface area contributed by atoms with Crippen molar-refractivity contribution in [3.05, 3.63) is 95.8 Å². The zero-order valence-electron chi connectivity index (χ0n) is 14.2. The van der Waals surface area contributed by atoms with E-state index in [1.165, 1.54) is 5.56 Å². The summed E-state index contributed by atoms with van der Waals surface area (Å²) in [6, 6.07) is 21.8. The van der Waals surface area contributed by atoms with E-state index in [0.717, 1.165) is 17.8 Å². The van der Waals surface area contributed by atoms with Crippen LogP contribution in [0.4, 0.5) is 5.69 Å². The Balaban J connectivity index is 1.65. The molecule has 25 heavy (non-hydrogen) atoms. The lowest BCUT2D eigenvalue weighted by atomic mass is 10.1. The third-order valence-corrected chi connectivity index (χ3v) is 3.99. The molecule has 0 saturated carbocycles. The van der Waals surface area contributed by atoms with Crippen LogP contribution < -0.4 is 10.2 Å². The first kappa shape index (κ1) is 16.7. The van der Waals surface area contributed by atoms with Gasteiger partial charge in [-0.2, -0.15) is 0 Å². The highest BCUT2D eigenvalue weighted by Gasteiger charge is 2.08. The molecule has 0 unspecified atom stereocenters. The molecule has 4 heteroatoms. The normalized spacial score (nSPS) is 10.3. The SMILES string of the molecule is CN(Cc1ccccc1)c1cccc(C(=O)NCc2cccnc2)c1. The monoisotopic (exact) mass is 331 g/mol. The predicted molar refractivity (Wildman–Crippen MR) is 100 cm³/mol. The van der Waals surface area contributed by atoms with Crippen LogP contribution in [0.25, 0.3) is 0 Å². The van der Waals surface area contributed by atoms with Crippen molar-refractivity contribution in [2.24, 2.45) is 0 Å². The number of hydrogen-bond acceptors (Lipinski definition) is 3. The number of hydrogen-bond donors (Lipinski definition) is 1. The molecule has 3 rings (SSSR count). The summed E-state index contributed by atoms with van der Waals surface area (Å²) in [5.74, 6) is -0.0844. The molecule has 0 atom stereocenters. The van der Waals surface area contributed by atoms with Gasteiger partial charge in [0.2, 0.25) is 0 Å². The van der Waals surface area contributed by atoms with Crippen LogP contribution in [0.1, 0.15) is 21.5 Å². The summed E-state index contributed by atoms with van der Waals surface area (Å²) in [7, 11) is 2.03. The fourth-order valence-corrected chi connectivity index (χ4v) is 2.62. The van der Waals surface area contributed by atoms with E-state index in [1.807, 2.05) is 61.6 Å². The van der Waals surface area contributed by atoms with Crippen molar-refractivity contribution in [1.29, 1.82) is 0 Å². The lowest BCUT2D eigenvalue weighted by molar-refractivity contribution is 0.0951. The summed E-state index contributed by atoms with van der Waals surface area (Å²) in [6.07, 6.45) is 3.47. The lowest BCUT2D eigenvalue weighted by Gasteiger charge is -2.20. The molecule has 126 valence electrons. The van der Waals surface area contributed by atoms with E-state index in [4.69, 9.17) is 0 Å². The van der Waals surface area contributed by atoms with Crippen molar-refractivity contribution in [3.63, 3.8) is 0 Å². The van der Waals surface area contributed by atoms with Crippen LogP contribution in [-0.2, 0) is 13.1 Å². The van der Waals surface area contributed by atoms with Crippen LogP contribution in [0.3, 0.4) is 0 Å². The zero-order chi connectivity index (χ0) is 17.5. The van der Waals surface area contributed by atoms with E-state index < -0.39 is 0 Å². The van der Waals surface area contributed by atoms with Crippen molar-refractivity contribution in [3.8, 4) is 0 Å². The van der Waals surface area contributed by atoms with E-state index in [2.05, 4.69) is 27.3 Å². The Kier molecular flexibility index (Phi) is 5.42. The number of carbonyl (C=O) groups is 1. The second kappa shape index (κ2) is 8.11. The van der Waals surface area contributed by atoms with Crippen LogP contribution >= 0.6 is 0 Å². The van der Waals surface area contributed by atoms with Gasteiger partial charge in [0.05, 0.1) is 0 Å². The minimum atomic E-state index is -0.0844. The molecule has 1 aromatic heterocycles. The van der Waals surface area contributed by atoms with Gasteiger partial charge in [-0.3, -0.25) is 9.78 Å². The largest absolute Gasteiger partial charge is 0.370 e. The van der Waals surface area contributed by atoms with Gasteiger partial charge in [-0.05, 0) is 35.4 Å². The van der Waals surface area contributed by atoms with Crippen LogP contribution in [0.15, 0.2) is 79.1 Å². The van der Waals surface area contributed by atoms with Crippen molar-refractivity contribution >= 4 is 11.6 Å². The predicted octanol–water partition coefficient (Wildman–Crippen LogP) is 3.65. The van der Waals surface area contributed by atoms with Crippen molar-refractivity contribution in [1.82, 2.24) is 10.3 Å². The topological polar surface area (TPSA) is 45.2 Å². The highest BCUT2D eigenvalue weighted by molar-refractivity contribution is 5.95. The highest BCUT2D eigenvalue weighted by atomic mass is 16.1. The van der Waals surface area contributed by atoms with Gasteiger partial charge < -0.3 is 10.2 Å². The third kappa shape index (κ3) is 4.67. The molecule has 1 amide bonds. The van der Waals surface area contributed by atoms with E-state index >= 15 is 0 Å². The number of carbonyl (C=O) groups excluding carboxylic acids is 1. The molecule has 0 fully saturated rings. The molecule has 1 heterocycles. The Morgan fingerprint density at radius 2 is 1.80 bits per heavy atom. The molecule has 0 radical (unpaired) electrons. The molecule has 1 N–H and O–H groups in total. The molecular formula is C21H21N3O. The fourth-order valence-electron chi connectivity index (χ4n) is 2.62. The van der Waals surface area contributed by atoms with Crippen molar-refractivity contribution in [2.45, 2.75) is 13.1 Å². The number of amides is 1. The Hall–Kier alpha value is -3.14. The minimum absolute atomic E-state index is 0.0844. The lowest BCUT2D eigenvalue weighted by Crippen LogP contribution is -2.23. The highest BCUT2D eigenvalue weighted by Crippen LogP contribution is 2.17.